The molecule has 0 aliphatic carbocycles. The van der Waals surface area contributed by atoms with Gasteiger partial charge in [0.1, 0.15) is 5.82 Å². The lowest BCUT2D eigenvalue weighted by molar-refractivity contribution is -0.0736. The molecule has 2 aliphatic heterocycles. The molecule has 1 spiro atoms. The van der Waals surface area contributed by atoms with E-state index in [1.165, 1.54) is 12.3 Å². The molecule has 0 aromatic carbocycles. The molecule has 0 amide bonds. The molecule has 0 unspecified atom stereocenters. The van der Waals surface area contributed by atoms with Gasteiger partial charge >= 0.3 is 22.9 Å². The van der Waals surface area contributed by atoms with E-state index in [1.807, 2.05) is 0 Å². The van der Waals surface area contributed by atoms with Crippen molar-refractivity contribution in [1.29, 1.82) is 0 Å². The maximum Gasteiger partial charge on any atom is 0.418 e. The van der Waals surface area contributed by atoms with E-state index in [2.05, 4.69) is 4.98 Å². The number of nitrogens with zero attached hydrogens (tertiary/aromatic N) is 2. The molecule has 2 fully saturated rings. The average molecular weight is 337 g/mol. The van der Waals surface area contributed by atoms with E-state index >= 15 is 0 Å². The van der Waals surface area contributed by atoms with Crippen LogP contribution in [-0.2, 0) is 18.1 Å². The van der Waals surface area contributed by atoms with Crippen LogP contribution < -0.4 is 16.0 Å². The van der Waals surface area contributed by atoms with Crippen LogP contribution in [0.2, 0.25) is 0 Å². The summed E-state index contributed by atoms with van der Waals surface area (Å²) in [5, 5.41) is 0. The summed E-state index contributed by atoms with van der Waals surface area (Å²) in [6.07, 6.45) is 1.34. The average Bonchev–Trinajstić information content (AvgIpc) is 2.48. The lowest BCUT2D eigenvalue weighted by atomic mass is 9.93. The quantitative estimate of drug-likeness (QED) is 0.704. The molecule has 21 heavy (non-hydrogen) atoms. The first-order valence-electron chi connectivity index (χ1n) is 5.91. The van der Waals surface area contributed by atoms with Gasteiger partial charge in [0.05, 0.1) is 38.0 Å². The Morgan fingerprint density at radius 1 is 1.29 bits per heavy atom. The number of nitrogen functional groups attached to an aromatic ring is 1. The maximum atomic E-state index is 11.5. The second kappa shape index (κ2) is 6.10. The van der Waals surface area contributed by atoms with Crippen molar-refractivity contribution in [2.24, 2.45) is 5.41 Å². The molecule has 2 aliphatic rings. The first kappa shape index (κ1) is 15.1. The first-order valence-corrected chi connectivity index (χ1v) is 8.13. The van der Waals surface area contributed by atoms with Crippen LogP contribution >= 0.6 is 17.2 Å². The van der Waals surface area contributed by atoms with Crippen molar-refractivity contribution in [1.82, 2.24) is 9.71 Å². The standard InChI is InChI=1S/C9H13N3O7P2/c10-7-1-2-12(8(13)11-7)19-21-17-5-9(6-18-21)3-15-20(14)16-4-9/h1-2,14H,3-6H2,(H2,10,11,13). The monoisotopic (exact) mass is 337 g/mol. The molecule has 3 N–H and O–H groups in total. The van der Waals surface area contributed by atoms with Gasteiger partial charge < -0.3 is 33.3 Å². The summed E-state index contributed by atoms with van der Waals surface area (Å²) in [6, 6.07) is 1.43. The van der Waals surface area contributed by atoms with Crippen molar-refractivity contribution in [2.45, 2.75) is 0 Å². The predicted molar refractivity (Wildman–Crippen MR) is 71.8 cm³/mol. The summed E-state index contributed by atoms with van der Waals surface area (Å²) in [7, 11) is -3.53. The third-order valence-corrected chi connectivity index (χ3v) is 4.55. The van der Waals surface area contributed by atoms with Crippen LogP contribution in [0.3, 0.4) is 0 Å². The maximum absolute atomic E-state index is 11.5. The molecule has 10 nitrogen and oxygen atoms in total. The van der Waals surface area contributed by atoms with Gasteiger partial charge in [-0.1, -0.05) is 0 Å². The normalized spacial score (nSPS) is 33.0. The third kappa shape index (κ3) is 3.49. The Bertz CT molecular complexity index is 553. The highest BCUT2D eigenvalue weighted by Crippen LogP contribution is 2.49. The van der Waals surface area contributed by atoms with Crippen molar-refractivity contribution in [3.8, 4) is 0 Å². The molecule has 0 radical (unpaired) electrons. The van der Waals surface area contributed by atoms with Crippen molar-refractivity contribution in [3.05, 3.63) is 22.7 Å². The smallest absolute Gasteiger partial charge is 0.383 e. The highest BCUT2D eigenvalue weighted by Gasteiger charge is 2.44. The Labute approximate surface area is 121 Å². The largest absolute Gasteiger partial charge is 0.418 e. The van der Waals surface area contributed by atoms with Crippen molar-refractivity contribution < 1.29 is 27.6 Å². The zero-order valence-corrected chi connectivity index (χ0v) is 12.5. The SMILES string of the molecule is Nc1ccn(OP2OCC3(COP(O)OC3)CO2)c(=O)n1. The number of nitrogens with two attached hydrogens (primary N) is 1. The van der Waals surface area contributed by atoms with E-state index in [0.717, 1.165) is 4.73 Å². The number of hydrogen-bond donors (Lipinski definition) is 2. The summed E-state index contributed by atoms with van der Waals surface area (Å²) in [5.41, 5.74) is 4.26. The zero-order valence-electron chi connectivity index (χ0n) is 10.7. The lowest BCUT2D eigenvalue weighted by Crippen LogP contribution is -2.45. The van der Waals surface area contributed by atoms with Crippen molar-refractivity contribution in [2.75, 3.05) is 32.2 Å². The van der Waals surface area contributed by atoms with Crippen molar-refractivity contribution >= 4 is 23.0 Å². The fraction of sp³-hybridized carbons (Fsp3) is 0.556. The molecule has 1 aromatic rings. The fourth-order valence-corrected chi connectivity index (χ4v) is 3.71. The molecule has 116 valence electrons. The van der Waals surface area contributed by atoms with Gasteiger partial charge in [0.2, 0.25) is 0 Å². The predicted octanol–water partition coefficient (Wildman–Crippen LogP) is -0.220. The second-order valence-electron chi connectivity index (χ2n) is 4.60. The third-order valence-electron chi connectivity index (χ3n) is 2.86. The van der Waals surface area contributed by atoms with Gasteiger partial charge in [0.25, 0.3) is 0 Å². The summed E-state index contributed by atoms with van der Waals surface area (Å²) >= 11 is 0. The van der Waals surface area contributed by atoms with E-state index in [-0.39, 0.29) is 32.2 Å². The topological polar surface area (TPSA) is 127 Å². The van der Waals surface area contributed by atoms with Crippen LogP contribution in [0.4, 0.5) is 5.82 Å². The van der Waals surface area contributed by atoms with Gasteiger partial charge in [-0.3, -0.25) is 0 Å². The molecular weight excluding hydrogens is 324 g/mol. The minimum Gasteiger partial charge on any atom is -0.383 e. The number of hydrogen-bond acceptors (Lipinski definition) is 9. The Morgan fingerprint density at radius 3 is 2.52 bits per heavy atom. The molecule has 12 heteroatoms. The molecule has 3 rings (SSSR count). The molecule has 1 aromatic heterocycles. The summed E-state index contributed by atoms with van der Waals surface area (Å²) in [4.78, 5) is 24.2. The fourth-order valence-electron chi connectivity index (χ4n) is 1.67. The van der Waals surface area contributed by atoms with E-state index in [1.54, 1.807) is 0 Å². The van der Waals surface area contributed by atoms with E-state index in [9.17, 15) is 9.69 Å². The van der Waals surface area contributed by atoms with Gasteiger partial charge in [-0.05, 0) is 0 Å². The van der Waals surface area contributed by atoms with Crippen LogP contribution in [-0.4, -0.2) is 41.0 Å². The van der Waals surface area contributed by atoms with Crippen LogP contribution in [0.5, 0.6) is 0 Å². The Hall–Kier alpha value is -0.860. The molecule has 0 saturated carbocycles. The first-order chi connectivity index (χ1) is 10.1. The number of aromatic nitrogens is 2. The number of rotatable bonds is 2. The van der Waals surface area contributed by atoms with E-state index in [0.29, 0.717) is 0 Å². The van der Waals surface area contributed by atoms with E-state index in [4.69, 9.17) is 28.5 Å². The minimum atomic E-state index is -1.80. The lowest BCUT2D eigenvalue weighted by Gasteiger charge is -2.40. The van der Waals surface area contributed by atoms with Crippen molar-refractivity contribution in [3.63, 3.8) is 0 Å². The highest BCUT2D eigenvalue weighted by atomic mass is 31.2. The molecule has 0 atom stereocenters. The zero-order chi connectivity index (χ0) is 14.9. The van der Waals surface area contributed by atoms with Gasteiger partial charge in [-0.15, -0.1) is 4.73 Å². The summed E-state index contributed by atoms with van der Waals surface area (Å²) in [5.74, 6) is 0.106. The van der Waals surface area contributed by atoms with Crippen LogP contribution in [0.15, 0.2) is 17.1 Å². The second-order valence-corrected chi connectivity index (χ2v) is 6.72. The molecule has 3 heterocycles. The minimum absolute atomic E-state index is 0.106. The summed E-state index contributed by atoms with van der Waals surface area (Å²) in [6.45, 7) is 1.11. The van der Waals surface area contributed by atoms with Gasteiger partial charge in [-0.25, -0.2) is 4.79 Å². The Morgan fingerprint density at radius 2 is 1.90 bits per heavy atom. The van der Waals surface area contributed by atoms with Crippen LogP contribution in [0.25, 0.3) is 0 Å². The van der Waals surface area contributed by atoms with Gasteiger partial charge in [0.15, 0.2) is 0 Å². The van der Waals surface area contributed by atoms with Crippen LogP contribution in [0.1, 0.15) is 0 Å². The highest BCUT2D eigenvalue weighted by molar-refractivity contribution is 7.42. The van der Waals surface area contributed by atoms with E-state index < -0.39 is 28.3 Å². The Balaban J connectivity index is 1.57. The molecule has 0 bridgehead atoms. The summed E-state index contributed by atoms with van der Waals surface area (Å²) < 4.78 is 27.3. The number of anilines is 1. The van der Waals surface area contributed by atoms with Gasteiger partial charge in [0, 0.05) is 6.07 Å². The Kier molecular flexibility index (Phi) is 4.37. The molecular formula is C9H13N3O7P2. The molecule has 2 saturated heterocycles. The van der Waals surface area contributed by atoms with Gasteiger partial charge in [-0.2, -0.15) is 4.98 Å². The van der Waals surface area contributed by atoms with Crippen LogP contribution in [0, 0.1) is 5.41 Å².